The number of carbonyl (C=O) groups is 1. The summed E-state index contributed by atoms with van der Waals surface area (Å²) >= 11 is 0. The zero-order valence-corrected chi connectivity index (χ0v) is 16.9. The molecule has 0 bridgehead atoms. The highest BCUT2D eigenvalue weighted by Crippen LogP contribution is 2.09. The maximum Gasteiger partial charge on any atom is 0.286 e. The molecular weight excluding hydrogens is 389 g/mol. The molecule has 1 aromatic carbocycles. The van der Waals surface area contributed by atoms with Crippen molar-refractivity contribution in [2.45, 2.75) is 25.7 Å². The van der Waals surface area contributed by atoms with Crippen LogP contribution in [0.2, 0.25) is 0 Å². The highest BCUT2D eigenvalue weighted by atomic mass is 35.5. The molecule has 0 atom stereocenters. The Hall–Kier alpha value is -1.83. The molecule has 150 valence electrons. The molecule has 2 heterocycles. The lowest BCUT2D eigenvalue weighted by atomic mass is 10.0. The molecule has 9 heteroatoms. The van der Waals surface area contributed by atoms with Crippen LogP contribution >= 0.6 is 24.8 Å². The number of nitrogens with zero attached hydrogens (tertiary/aromatic N) is 4. The summed E-state index contributed by atoms with van der Waals surface area (Å²) in [6.07, 6.45) is 5.37. The third-order valence-electron chi connectivity index (χ3n) is 4.57. The molecule has 2 aromatic rings. The van der Waals surface area contributed by atoms with Crippen LogP contribution in [0.15, 0.2) is 41.1 Å². The molecule has 0 radical (unpaired) electrons. The van der Waals surface area contributed by atoms with Crippen LogP contribution in [0.25, 0.3) is 0 Å². The number of benzene rings is 1. The Balaban J connectivity index is 0.00000182. The molecule has 0 saturated carbocycles. The summed E-state index contributed by atoms with van der Waals surface area (Å²) in [4.78, 5) is 16.1. The van der Waals surface area contributed by atoms with Gasteiger partial charge in [0.2, 0.25) is 0 Å². The number of hydrogen-bond donors (Lipinski definition) is 1. The smallest absolute Gasteiger partial charge is 0.286 e. The molecule has 0 aliphatic carbocycles. The van der Waals surface area contributed by atoms with Crippen LogP contribution < -0.4 is 20.6 Å². The summed E-state index contributed by atoms with van der Waals surface area (Å²) in [6, 6.07) is 9.53. The minimum atomic E-state index is 0. The molecular formula is C18H27Cl2N5O2. The van der Waals surface area contributed by atoms with E-state index in [-0.39, 0.29) is 36.2 Å². The zero-order valence-electron chi connectivity index (χ0n) is 15.2. The second-order valence-corrected chi connectivity index (χ2v) is 6.38. The Morgan fingerprint density at radius 2 is 1.78 bits per heavy atom. The molecule has 27 heavy (non-hydrogen) atoms. The van der Waals surface area contributed by atoms with Crippen LogP contribution in [0.1, 0.15) is 36.0 Å². The largest absolute Gasteiger partial charge is 0.380 e. The van der Waals surface area contributed by atoms with Gasteiger partial charge in [-0.15, -0.1) is 24.8 Å². The lowest BCUT2D eigenvalue weighted by Crippen LogP contribution is -2.66. The molecule has 1 aliphatic rings. The fourth-order valence-electron chi connectivity index (χ4n) is 3.10. The van der Waals surface area contributed by atoms with Gasteiger partial charge in [0.1, 0.15) is 0 Å². The number of piperazine rings is 1. The molecule has 1 saturated heterocycles. The van der Waals surface area contributed by atoms with Crippen LogP contribution in [0.4, 0.5) is 0 Å². The van der Waals surface area contributed by atoms with Gasteiger partial charge in [0.05, 0.1) is 0 Å². The number of aromatic nitrogens is 2. The normalized spacial score (nSPS) is 14.3. The van der Waals surface area contributed by atoms with Gasteiger partial charge in [-0.3, -0.25) is 15.2 Å². The molecule has 1 aromatic heterocycles. The van der Waals surface area contributed by atoms with Gasteiger partial charge in [0, 0.05) is 38.2 Å². The van der Waals surface area contributed by atoms with Crippen molar-refractivity contribution in [2.75, 3.05) is 37.7 Å². The molecule has 0 spiro atoms. The molecule has 3 rings (SSSR count). The maximum atomic E-state index is 12.0. The molecule has 0 unspecified atom stereocenters. The molecule has 1 fully saturated rings. The standard InChI is InChI=1S/C18H25N5O2.2ClH/c19-18-15-23(20-25-18)22-13-11-21(12-14-22)10-6-2-5-9-17(24)16-7-3-1-4-8-16;;/h1,3-4,7-8,15,19H,2,5-6,9-14H2;2*1H. The minimum Gasteiger partial charge on any atom is -0.380 e. The second-order valence-electron chi connectivity index (χ2n) is 6.38. The highest BCUT2D eigenvalue weighted by Gasteiger charge is 2.17. The van der Waals surface area contributed by atoms with Gasteiger partial charge in [-0.05, 0) is 24.7 Å². The van der Waals surface area contributed by atoms with Gasteiger partial charge in [-0.2, -0.15) is 0 Å². The number of carbonyl (C=O) groups excluding carboxylic acids is 1. The SMILES string of the molecule is Cl.Cl.N=c1c[n+](N2CCN(CCCCCC(=O)c3ccccc3)CC2)[n-]o1. The van der Waals surface area contributed by atoms with E-state index in [1.165, 1.54) is 0 Å². The van der Waals surface area contributed by atoms with E-state index in [1.54, 1.807) is 11.0 Å². The first-order valence-corrected chi connectivity index (χ1v) is 8.88. The Morgan fingerprint density at radius 1 is 1.07 bits per heavy atom. The van der Waals surface area contributed by atoms with Crippen molar-refractivity contribution in [1.29, 1.82) is 5.41 Å². The summed E-state index contributed by atoms with van der Waals surface area (Å²) < 4.78 is 4.78. The van der Waals surface area contributed by atoms with Gasteiger partial charge in [-0.25, -0.2) is 0 Å². The van der Waals surface area contributed by atoms with E-state index in [0.717, 1.165) is 57.5 Å². The van der Waals surface area contributed by atoms with E-state index in [2.05, 4.69) is 15.2 Å². The van der Waals surface area contributed by atoms with Gasteiger partial charge in [-0.1, -0.05) is 41.5 Å². The number of halogens is 2. The van der Waals surface area contributed by atoms with Gasteiger partial charge >= 0.3 is 0 Å². The first-order valence-electron chi connectivity index (χ1n) is 8.88. The number of ketones is 1. The Labute approximate surface area is 171 Å². The van der Waals surface area contributed by atoms with Crippen molar-refractivity contribution in [3.63, 3.8) is 0 Å². The first-order chi connectivity index (χ1) is 12.2. The van der Waals surface area contributed by atoms with Crippen molar-refractivity contribution in [3.05, 3.63) is 47.6 Å². The monoisotopic (exact) mass is 415 g/mol. The maximum absolute atomic E-state index is 12.0. The molecule has 0 amide bonds. The summed E-state index contributed by atoms with van der Waals surface area (Å²) in [5.74, 6) is 0.243. The molecule has 1 N–H and O–H groups in total. The van der Waals surface area contributed by atoms with E-state index in [9.17, 15) is 4.79 Å². The number of unbranched alkanes of at least 4 members (excludes halogenated alkanes) is 2. The minimum absolute atomic E-state index is 0. The van der Waals surface area contributed by atoms with Crippen molar-refractivity contribution >= 4 is 30.6 Å². The Morgan fingerprint density at radius 3 is 2.41 bits per heavy atom. The fraction of sp³-hybridized carbons (Fsp3) is 0.500. The van der Waals surface area contributed by atoms with Crippen molar-refractivity contribution in [3.8, 4) is 0 Å². The third kappa shape index (κ3) is 7.01. The van der Waals surface area contributed by atoms with Crippen LogP contribution in [0.5, 0.6) is 0 Å². The average molecular weight is 416 g/mol. The molecule has 7 nitrogen and oxygen atoms in total. The number of nitrogens with one attached hydrogen (secondary N) is 1. The van der Waals surface area contributed by atoms with Crippen LogP contribution in [0.3, 0.4) is 0 Å². The fourth-order valence-corrected chi connectivity index (χ4v) is 3.10. The number of Topliss-reactive ketones (excluding diaryl/α,β-unsaturated/α-hetero) is 1. The van der Waals surface area contributed by atoms with Gasteiger partial charge < -0.3 is 9.42 Å². The van der Waals surface area contributed by atoms with Crippen molar-refractivity contribution in [2.24, 2.45) is 0 Å². The van der Waals surface area contributed by atoms with Gasteiger partial charge in [0.15, 0.2) is 5.78 Å². The predicted molar refractivity (Wildman–Crippen MR) is 106 cm³/mol. The van der Waals surface area contributed by atoms with Crippen LogP contribution in [-0.2, 0) is 0 Å². The number of rotatable bonds is 8. The highest BCUT2D eigenvalue weighted by molar-refractivity contribution is 5.95. The van der Waals surface area contributed by atoms with E-state index in [4.69, 9.17) is 9.93 Å². The second kappa shape index (κ2) is 11.8. The summed E-state index contributed by atoms with van der Waals surface area (Å²) in [5, 5.41) is 13.3. The predicted octanol–water partition coefficient (Wildman–Crippen LogP) is 1.54. The van der Waals surface area contributed by atoms with E-state index < -0.39 is 0 Å². The van der Waals surface area contributed by atoms with Crippen LogP contribution in [0, 0.1) is 5.41 Å². The third-order valence-corrected chi connectivity index (χ3v) is 4.57. The lowest BCUT2D eigenvalue weighted by molar-refractivity contribution is -0.764. The van der Waals surface area contributed by atoms with Crippen molar-refractivity contribution in [1.82, 2.24) is 10.2 Å². The van der Waals surface area contributed by atoms with Crippen molar-refractivity contribution < 1.29 is 14.1 Å². The van der Waals surface area contributed by atoms with Gasteiger partial charge in [0.25, 0.3) is 11.8 Å². The summed E-state index contributed by atoms with van der Waals surface area (Å²) in [6.45, 7) is 4.79. The lowest BCUT2D eigenvalue weighted by Gasteiger charge is -2.35. The Kier molecular flexibility index (Phi) is 10.1. The average Bonchev–Trinajstić information content (AvgIpc) is 3.09. The zero-order chi connectivity index (χ0) is 17.5. The van der Waals surface area contributed by atoms with E-state index >= 15 is 0 Å². The topological polar surface area (TPSA) is 78.5 Å². The quantitative estimate of drug-likeness (QED) is 0.401. The summed E-state index contributed by atoms with van der Waals surface area (Å²) in [7, 11) is 0. The first kappa shape index (κ1) is 23.2. The number of hydrogen-bond acceptors (Lipinski definition) is 5. The van der Waals surface area contributed by atoms with Crippen LogP contribution in [-0.4, -0.2) is 43.4 Å². The van der Waals surface area contributed by atoms with E-state index in [1.807, 2.05) is 30.3 Å². The molecule has 1 aliphatic heterocycles. The Bertz CT molecular complexity index is 727. The van der Waals surface area contributed by atoms with E-state index in [0.29, 0.717) is 6.42 Å². The summed E-state index contributed by atoms with van der Waals surface area (Å²) in [5.41, 5.74) is 0.896.